The molecule has 0 aromatic heterocycles. The van der Waals surface area contributed by atoms with Gasteiger partial charge >= 0.3 is 0 Å². The number of hydrogen-bond acceptors (Lipinski definition) is 3. The van der Waals surface area contributed by atoms with Gasteiger partial charge in [-0.25, -0.2) is 0 Å². The highest BCUT2D eigenvalue weighted by Gasteiger charge is 2.31. The Bertz CT molecular complexity index is 210. The summed E-state index contributed by atoms with van der Waals surface area (Å²) in [6.07, 6.45) is 2.22. The van der Waals surface area contributed by atoms with Crippen LogP contribution >= 0.6 is 0 Å². The molecular formula is C10H18N2O2. The number of nitrogens with one attached hydrogen (secondary N) is 2. The van der Waals surface area contributed by atoms with Crippen LogP contribution in [0.3, 0.4) is 0 Å². The Hall–Kier alpha value is -0.610. The molecule has 0 aromatic rings. The zero-order valence-corrected chi connectivity index (χ0v) is 8.58. The molecule has 1 saturated heterocycles. The van der Waals surface area contributed by atoms with Crippen LogP contribution in [0.4, 0.5) is 0 Å². The van der Waals surface area contributed by atoms with Crippen molar-refractivity contribution in [2.75, 3.05) is 19.7 Å². The molecule has 4 heteroatoms. The van der Waals surface area contributed by atoms with Crippen molar-refractivity contribution in [1.29, 1.82) is 0 Å². The molecule has 2 N–H and O–H groups in total. The van der Waals surface area contributed by atoms with E-state index in [4.69, 9.17) is 4.74 Å². The van der Waals surface area contributed by atoms with Crippen LogP contribution in [0.2, 0.25) is 0 Å². The fraction of sp³-hybridized carbons (Fsp3) is 0.900. The van der Waals surface area contributed by atoms with E-state index in [0.29, 0.717) is 25.1 Å². The van der Waals surface area contributed by atoms with Crippen molar-refractivity contribution in [3.05, 3.63) is 0 Å². The van der Waals surface area contributed by atoms with Crippen LogP contribution in [0, 0.1) is 5.92 Å². The molecule has 2 atom stereocenters. The summed E-state index contributed by atoms with van der Waals surface area (Å²) in [6, 6.07) is 0.313. The van der Waals surface area contributed by atoms with Gasteiger partial charge in [-0.05, 0) is 25.7 Å². The highest BCUT2D eigenvalue weighted by molar-refractivity contribution is 5.81. The van der Waals surface area contributed by atoms with Crippen molar-refractivity contribution in [3.8, 4) is 0 Å². The molecular weight excluding hydrogens is 180 g/mol. The molecule has 1 amide bonds. The van der Waals surface area contributed by atoms with E-state index in [1.54, 1.807) is 0 Å². The standard InChI is InChI=1S/C10H18N2O2/c1-7(8-2-3-8)12-10(13)9-6-11-4-5-14-9/h7-9,11H,2-6H2,1H3,(H,12,13)/t7?,9-/m1/s1. The SMILES string of the molecule is CC(NC(=O)[C@H]1CNCCO1)C1CC1. The maximum atomic E-state index is 11.7. The minimum atomic E-state index is -0.287. The topological polar surface area (TPSA) is 50.4 Å². The molecule has 0 radical (unpaired) electrons. The molecule has 1 aliphatic heterocycles. The number of rotatable bonds is 3. The summed E-state index contributed by atoms with van der Waals surface area (Å²) >= 11 is 0. The molecule has 4 nitrogen and oxygen atoms in total. The molecule has 2 rings (SSSR count). The average Bonchev–Trinajstić information content (AvgIpc) is 3.02. The molecule has 2 fully saturated rings. The van der Waals surface area contributed by atoms with E-state index in [0.717, 1.165) is 6.54 Å². The van der Waals surface area contributed by atoms with Gasteiger partial charge in [0.1, 0.15) is 6.10 Å². The van der Waals surface area contributed by atoms with Crippen LogP contribution in [0.1, 0.15) is 19.8 Å². The first-order chi connectivity index (χ1) is 6.77. The number of amides is 1. The van der Waals surface area contributed by atoms with Gasteiger partial charge in [0.25, 0.3) is 5.91 Å². The van der Waals surface area contributed by atoms with Gasteiger partial charge in [-0.2, -0.15) is 0 Å². The fourth-order valence-corrected chi connectivity index (χ4v) is 1.77. The second-order valence-corrected chi connectivity index (χ2v) is 4.20. The Morgan fingerprint density at radius 3 is 2.93 bits per heavy atom. The largest absolute Gasteiger partial charge is 0.366 e. The second-order valence-electron chi connectivity index (χ2n) is 4.20. The van der Waals surface area contributed by atoms with Gasteiger partial charge in [-0.1, -0.05) is 0 Å². The third kappa shape index (κ3) is 2.45. The monoisotopic (exact) mass is 198 g/mol. The first-order valence-corrected chi connectivity index (χ1v) is 5.40. The molecule has 1 unspecified atom stereocenters. The van der Waals surface area contributed by atoms with Crippen LogP contribution in [0.5, 0.6) is 0 Å². The first kappa shape index (κ1) is 9.93. The second kappa shape index (κ2) is 4.28. The van der Waals surface area contributed by atoms with E-state index in [9.17, 15) is 4.79 Å². The molecule has 14 heavy (non-hydrogen) atoms. The highest BCUT2D eigenvalue weighted by Crippen LogP contribution is 2.32. The van der Waals surface area contributed by atoms with Gasteiger partial charge in [0.15, 0.2) is 0 Å². The number of morpholine rings is 1. The van der Waals surface area contributed by atoms with E-state index >= 15 is 0 Å². The minimum Gasteiger partial charge on any atom is -0.366 e. The Balaban J connectivity index is 1.75. The maximum Gasteiger partial charge on any atom is 0.250 e. The Morgan fingerprint density at radius 2 is 2.36 bits per heavy atom. The summed E-state index contributed by atoms with van der Waals surface area (Å²) < 4.78 is 5.37. The predicted octanol–water partition coefficient (Wildman–Crippen LogP) is -0.111. The average molecular weight is 198 g/mol. The molecule has 0 spiro atoms. The Morgan fingerprint density at radius 1 is 1.57 bits per heavy atom. The van der Waals surface area contributed by atoms with Crippen molar-refractivity contribution >= 4 is 5.91 Å². The molecule has 80 valence electrons. The van der Waals surface area contributed by atoms with Gasteiger partial charge < -0.3 is 15.4 Å². The third-order valence-corrected chi connectivity index (χ3v) is 2.92. The third-order valence-electron chi connectivity index (χ3n) is 2.92. The lowest BCUT2D eigenvalue weighted by molar-refractivity contribution is -0.135. The molecule has 1 heterocycles. The molecule has 1 aliphatic carbocycles. The summed E-state index contributed by atoms with van der Waals surface area (Å²) in [5, 5.41) is 6.16. The van der Waals surface area contributed by atoms with Gasteiger partial charge in [0.05, 0.1) is 6.61 Å². The first-order valence-electron chi connectivity index (χ1n) is 5.40. The minimum absolute atomic E-state index is 0.0385. The smallest absolute Gasteiger partial charge is 0.250 e. The normalized spacial score (nSPS) is 29.6. The number of carbonyl (C=O) groups is 1. The van der Waals surface area contributed by atoms with Gasteiger partial charge in [-0.15, -0.1) is 0 Å². The zero-order chi connectivity index (χ0) is 9.97. The van der Waals surface area contributed by atoms with E-state index < -0.39 is 0 Å². The van der Waals surface area contributed by atoms with E-state index in [2.05, 4.69) is 17.6 Å². The van der Waals surface area contributed by atoms with Gasteiger partial charge in [0.2, 0.25) is 0 Å². The lowest BCUT2D eigenvalue weighted by Gasteiger charge is -2.24. The summed E-state index contributed by atoms with van der Waals surface area (Å²) in [6.45, 7) is 4.20. The van der Waals surface area contributed by atoms with Crippen molar-refractivity contribution in [2.24, 2.45) is 5.92 Å². The molecule has 0 bridgehead atoms. The van der Waals surface area contributed by atoms with E-state index in [1.165, 1.54) is 12.8 Å². The maximum absolute atomic E-state index is 11.7. The molecule has 2 aliphatic rings. The summed E-state index contributed by atoms with van der Waals surface area (Å²) in [4.78, 5) is 11.7. The quantitative estimate of drug-likeness (QED) is 0.665. The summed E-state index contributed by atoms with van der Waals surface area (Å²) in [5.74, 6) is 0.743. The molecule has 0 aromatic carbocycles. The van der Waals surface area contributed by atoms with Crippen molar-refractivity contribution in [1.82, 2.24) is 10.6 Å². The Kier molecular flexibility index (Phi) is 3.03. The zero-order valence-electron chi connectivity index (χ0n) is 8.58. The van der Waals surface area contributed by atoms with Crippen molar-refractivity contribution < 1.29 is 9.53 Å². The highest BCUT2D eigenvalue weighted by atomic mass is 16.5. The van der Waals surface area contributed by atoms with Crippen LogP contribution in [0.15, 0.2) is 0 Å². The van der Waals surface area contributed by atoms with Gasteiger partial charge in [-0.3, -0.25) is 4.79 Å². The van der Waals surface area contributed by atoms with Crippen molar-refractivity contribution in [2.45, 2.75) is 31.9 Å². The van der Waals surface area contributed by atoms with Crippen molar-refractivity contribution in [3.63, 3.8) is 0 Å². The lowest BCUT2D eigenvalue weighted by atomic mass is 10.2. The van der Waals surface area contributed by atoms with Crippen LogP contribution in [-0.4, -0.2) is 37.7 Å². The number of carbonyl (C=O) groups excluding carboxylic acids is 1. The lowest BCUT2D eigenvalue weighted by Crippen LogP contribution is -2.50. The summed E-state index contributed by atoms with van der Waals surface area (Å²) in [5.41, 5.74) is 0. The molecule has 1 saturated carbocycles. The Labute approximate surface area is 84.4 Å². The van der Waals surface area contributed by atoms with Crippen LogP contribution in [-0.2, 0) is 9.53 Å². The number of hydrogen-bond donors (Lipinski definition) is 2. The number of ether oxygens (including phenoxy) is 1. The van der Waals surface area contributed by atoms with Crippen LogP contribution in [0.25, 0.3) is 0 Å². The van der Waals surface area contributed by atoms with Crippen LogP contribution < -0.4 is 10.6 Å². The van der Waals surface area contributed by atoms with E-state index in [1.807, 2.05) is 0 Å². The van der Waals surface area contributed by atoms with E-state index in [-0.39, 0.29) is 12.0 Å². The summed E-state index contributed by atoms with van der Waals surface area (Å²) in [7, 11) is 0. The van der Waals surface area contributed by atoms with Gasteiger partial charge in [0, 0.05) is 19.1 Å². The fourth-order valence-electron chi connectivity index (χ4n) is 1.77. The predicted molar refractivity (Wildman–Crippen MR) is 52.9 cm³/mol.